The molecule has 0 spiro atoms. The summed E-state index contributed by atoms with van der Waals surface area (Å²) in [5.41, 5.74) is -0.299. The second-order valence-electron chi connectivity index (χ2n) is 14.7. The van der Waals surface area contributed by atoms with Gasteiger partial charge in [0.1, 0.15) is 17.2 Å². The van der Waals surface area contributed by atoms with Crippen LogP contribution in [0.2, 0.25) is 0 Å². The Balaban J connectivity index is 1.34. The molecule has 5 rings (SSSR count). The topological polar surface area (TPSA) is 40.6 Å². The van der Waals surface area contributed by atoms with Gasteiger partial charge >= 0.3 is 0 Å². The third kappa shape index (κ3) is 5.65. The van der Waals surface area contributed by atoms with Crippen molar-refractivity contribution < 1.29 is 18.4 Å². The van der Waals surface area contributed by atoms with Crippen molar-refractivity contribution in [2.45, 2.75) is 136 Å². The molecule has 1 saturated heterocycles. The van der Waals surface area contributed by atoms with Crippen LogP contribution in [-0.4, -0.2) is 47.3 Å². The molecular formula is C36H54F2N2O2. The summed E-state index contributed by atoms with van der Waals surface area (Å²) < 4.78 is 29.9. The summed E-state index contributed by atoms with van der Waals surface area (Å²) in [5.74, 6) is -0.0237. The van der Waals surface area contributed by atoms with Gasteiger partial charge in [-0.05, 0) is 92.1 Å². The standard InChI is InChI=1S/C36H54F2N2O2/c1-5-6-7-8-9-10-11-12-24-40(34(42)33-28(37)14-13-15-29(33)38)31-19-17-26-25-16-18-30-35(2,23-21-32(41)39(30)4)27(25)20-22-36(26,31)3/h13-15,25-27,30-31H,5-12,16-24H2,1-4H3/t25-,26-,27-,30+,31-,35+,36-/m0/s1. The highest BCUT2D eigenvalue weighted by atomic mass is 19.1. The highest BCUT2D eigenvalue weighted by molar-refractivity contribution is 5.95. The van der Waals surface area contributed by atoms with Crippen LogP contribution in [0, 0.1) is 40.2 Å². The van der Waals surface area contributed by atoms with Crippen molar-refractivity contribution in [1.82, 2.24) is 9.80 Å². The maximum atomic E-state index is 14.9. The molecule has 4 aliphatic rings. The first-order valence-electron chi connectivity index (χ1n) is 17.1. The largest absolute Gasteiger partial charge is 0.342 e. The normalized spacial score (nSPS) is 34.1. The van der Waals surface area contributed by atoms with Gasteiger partial charge in [0.05, 0.1) is 0 Å². The van der Waals surface area contributed by atoms with Gasteiger partial charge in [-0.25, -0.2) is 8.78 Å². The number of unbranched alkanes of at least 4 members (excludes halogenated alkanes) is 7. The minimum atomic E-state index is -0.758. The summed E-state index contributed by atoms with van der Waals surface area (Å²) in [6.45, 7) is 7.61. The van der Waals surface area contributed by atoms with E-state index in [1.165, 1.54) is 50.3 Å². The molecule has 1 heterocycles. The molecule has 4 nitrogen and oxygen atoms in total. The zero-order valence-electron chi connectivity index (χ0n) is 26.6. The molecule has 0 radical (unpaired) electrons. The van der Waals surface area contributed by atoms with E-state index in [0.717, 1.165) is 64.2 Å². The maximum absolute atomic E-state index is 14.9. The Kier molecular flexibility index (Phi) is 9.69. The number of carbonyl (C=O) groups excluding carboxylic acids is 2. The number of carbonyl (C=O) groups is 2. The minimum Gasteiger partial charge on any atom is -0.342 e. The smallest absolute Gasteiger partial charge is 0.260 e. The molecule has 1 aromatic carbocycles. The zero-order chi connectivity index (χ0) is 30.1. The molecular weight excluding hydrogens is 530 g/mol. The Bertz CT molecular complexity index is 1110. The highest BCUT2D eigenvalue weighted by Crippen LogP contribution is 2.65. The number of piperidine rings is 1. The van der Waals surface area contributed by atoms with E-state index in [9.17, 15) is 18.4 Å². The molecule has 42 heavy (non-hydrogen) atoms. The van der Waals surface area contributed by atoms with Crippen molar-refractivity contribution in [1.29, 1.82) is 0 Å². The van der Waals surface area contributed by atoms with Gasteiger partial charge in [0, 0.05) is 32.1 Å². The molecule has 3 aliphatic carbocycles. The quantitative estimate of drug-likeness (QED) is 0.244. The van der Waals surface area contributed by atoms with Crippen molar-refractivity contribution in [2.24, 2.45) is 28.6 Å². The number of rotatable bonds is 11. The molecule has 2 amide bonds. The van der Waals surface area contributed by atoms with Crippen LogP contribution in [0.3, 0.4) is 0 Å². The number of hydrogen-bond acceptors (Lipinski definition) is 2. The maximum Gasteiger partial charge on any atom is 0.260 e. The zero-order valence-corrected chi connectivity index (χ0v) is 26.6. The van der Waals surface area contributed by atoms with Crippen LogP contribution in [0.15, 0.2) is 18.2 Å². The first kappa shape index (κ1) is 31.4. The van der Waals surface area contributed by atoms with Gasteiger partial charge in [0.15, 0.2) is 0 Å². The molecule has 234 valence electrons. The van der Waals surface area contributed by atoms with E-state index in [2.05, 4.69) is 20.8 Å². The number of benzene rings is 1. The fourth-order valence-corrected chi connectivity index (χ4v) is 10.3. The van der Waals surface area contributed by atoms with E-state index in [4.69, 9.17) is 0 Å². The molecule has 0 N–H and O–H groups in total. The van der Waals surface area contributed by atoms with Crippen molar-refractivity contribution in [3.05, 3.63) is 35.4 Å². The van der Waals surface area contributed by atoms with E-state index in [1.807, 2.05) is 16.8 Å². The minimum absolute atomic E-state index is 0.000599. The third-order valence-electron chi connectivity index (χ3n) is 12.6. The Hall–Kier alpha value is -1.98. The molecule has 3 saturated carbocycles. The van der Waals surface area contributed by atoms with Crippen LogP contribution in [0.4, 0.5) is 8.78 Å². The summed E-state index contributed by atoms with van der Waals surface area (Å²) in [4.78, 5) is 30.5. The lowest BCUT2D eigenvalue weighted by atomic mass is 9.47. The first-order valence-corrected chi connectivity index (χ1v) is 17.1. The number of hydrogen-bond donors (Lipinski definition) is 0. The fraction of sp³-hybridized carbons (Fsp3) is 0.778. The van der Waals surface area contributed by atoms with Gasteiger partial charge in [-0.2, -0.15) is 0 Å². The summed E-state index contributed by atoms with van der Waals surface area (Å²) in [7, 11) is 2.00. The lowest BCUT2D eigenvalue weighted by Gasteiger charge is -2.62. The SMILES string of the molecule is CCCCCCCCCCN(C(=O)c1c(F)cccc1F)[C@H]1CC[C@H]2[C@@H]3CC[C@H]4N(C)C(=O)CC[C@]4(C)[C@H]3CC[C@]12C. The average molecular weight is 585 g/mol. The van der Waals surface area contributed by atoms with Gasteiger partial charge in [0.2, 0.25) is 5.91 Å². The summed E-state index contributed by atoms with van der Waals surface area (Å²) >= 11 is 0. The third-order valence-corrected chi connectivity index (χ3v) is 12.6. The lowest BCUT2D eigenvalue weighted by Crippen LogP contribution is -2.62. The molecule has 0 bridgehead atoms. The fourth-order valence-electron chi connectivity index (χ4n) is 10.3. The van der Waals surface area contributed by atoms with Gasteiger partial charge in [-0.3, -0.25) is 9.59 Å². The van der Waals surface area contributed by atoms with Gasteiger partial charge in [-0.15, -0.1) is 0 Å². The summed E-state index contributed by atoms with van der Waals surface area (Å²) in [5, 5.41) is 0. The molecule has 4 fully saturated rings. The number of halogens is 2. The van der Waals surface area contributed by atoms with Crippen LogP contribution in [-0.2, 0) is 4.79 Å². The van der Waals surface area contributed by atoms with E-state index in [-0.39, 0.29) is 28.3 Å². The van der Waals surface area contributed by atoms with Crippen LogP contribution >= 0.6 is 0 Å². The van der Waals surface area contributed by atoms with Crippen LogP contribution in [0.25, 0.3) is 0 Å². The Labute approximate surface area is 253 Å². The first-order chi connectivity index (χ1) is 20.1. The molecule has 6 heteroatoms. The Morgan fingerprint density at radius 1 is 0.881 bits per heavy atom. The number of fused-ring (bicyclic) bond motifs is 5. The van der Waals surface area contributed by atoms with Crippen molar-refractivity contribution in [3.8, 4) is 0 Å². The average Bonchev–Trinajstić information content (AvgIpc) is 3.31. The van der Waals surface area contributed by atoms with Crippen molar-refractivity contribution in [2.75, 3.05) is 13.6 Å². The van der Waals surface area contributed by atoms with Crippen LogP contribution < -0.4 is 0 Å². The molecule has 7 atom stereocenters. The van der Waals surface area contributed by atoms with E-state index < -0.39 is 17.5 Å². The van der Waals surface area contributed by atoms with E-state index in [0.29, 0.717) is 36.8 Å². The second kappa shape index (κ2) is 12.9. The van der Waals surface area contributed by atoms with Gasteiger partial charge < -0.3 is 9.80 Å². The number of amides is 2. The molecule has 0 unspecified atom stereocenters. The van der Waals surface area contributed by atoms with Crippen LogP contribution in [0.5, 0.6) is 0 Å². The lowest BCUT2D eigenvalue weighted by molar-refractivity contribution is -0.158. The number of likely N-dealkylation sites (tertiary alicyclic amines) is 1. The summed E-state index contributed by atoms with van der Waals surface area (Å²) in [6, 6.07) is 4.08. The monoisotopic (exact) mass is 584 g/mol. The second-order valence-corrected chi connectivity index (χ2v) is 14.7. The molecule has 0 aromatic heterocycles. The van der Waals surface area contributed by atoms with Crippen molar-refractivity contribution in [3.63, 3.8) is 0 Å². The van der Waals surface area contributed by atoms with E-state index in [1.54, 1.807) is 0 Å². The Morgan fingerprint density at radius 2 is 1.52 bits per heavy atom. The Morgan fingerprint density at radius 3 is 2.21 bits per heavy atom. The highest BCUT2D eigenvalue weighted by Gasteiger charge is 2.62. The van der Waals surface area contributed by atoms with Gasteiger partial charge in [-0.1, -0.05) is 71.8 Å². The molecule has 1 aliphatic heterocycles. The van der Waals surface area contributed by atoms with E-state index >= 15 is 0 Å². The van der Waals surface area contributed by atoms with Crippen LogP contribution in [0.1, 0.15) is 134 Å². The molecule has 1 aromatic rings. The van der Waals surface area contributed by atoms with Crippen molar-refractivity contribution >= 4 is 11.8 Å². The number of nitrogens with zero attached hydrogens (tertiary/aromatic N) is 2. The van der Waals surface area contributed by atoms with Gasteiger partial charge in [0.25, 0.3) is 5.91 Å². The summed E-state index contributed by atoms with van der Waals surface area (Å²) in [6.07, 6.45) is 17.2. The predicted molar refractivity (Wildman–Crippen MR) is 164 cm³/mol. The predicted octanol–water partition coefficient (Wildman–Crippen LogP) is 8.78.